The molecule has 0 amide bonds. The first kappa shape index (κ1) is 14.1. The van der Waals surface area contributed by atoms with Crippen LogP contribution in [0.2, 0.25) is 0 Å². The number of carboxylic acid groups (broad SMARTS) is 1. The van der Waals surface area contributed by atoms with Gasteiger partial charge in [-0.05, 0) is 36.3 Å². The Balaban J connectivity index is 2.51. The van der Waals surface area contributed by atoms with Crippen LogP contribution in [0.15, 0.2) is 24.3 Å². The lowest BCUT2D eigenvalue weighted by atomic mass is 9.72. The van der Waals surface area contributed by atoms with Gasteiger partial charge in [0.05, 0.1) is 0 Å². The molecule has 2 N–H and O–H groups in total. The zero-order valence-corrected chi connectivity index (χ0v) is 11.6. The highest BCUT2D eigenvalue weighted by atomic mass is 16.4. The molecule has 0 aromatic heterocycles. The molecule has 19 heavy (non-hydrogen) atoms. The van der Waals surface area contributed by atoms with E-state index in [0.717, 1.165) is 31.2 Å². The van der Waals surface area contributed by atoms with Gasteiger partial charge in [-0.2, -0.15) is 0 Å². The van der Waals surface area contributed by atoms with E-state index in [1.807, 2.05) is 18.2 Å². The number of hydrogen-bond donors (Lipinski definition) is 2. The van der Waals surface area contributed by atoms with Crippen LogP contribution in [0.25, 0.3) is 0 Å². The fourth-order valence-corrected chi connectivity index (χ4v) is 3.18. The number of aliphatic hydroxyl groups is 1. The number of aliphatic carboxylic acids is 1. The van der Waals surface area contributed by atoms with Crippen LogP contribution in [-0.4, -0.2) is 21.8 Å². The predicted octanol–water partition coefficient (Wildman–Crippen LogP) is 2.97. The minimum atomic E-state index is -1.68. The Hall–Kier alpha value is -1.35. The van der Waals surface area contributed by atoms with E-state index in [1.54, 1.807) is 13.8 Å². The molecule has 2 atom stereocenters. The number of hydrogen-bond acceptors (Lipinski definition) is 2. The van der Waals surface area contributed by atoms with Gasteiger partial charge in [0.1, 0.15) is 0 Å². The molecule has 1 aliphatic rings. The van der Waals surface area contributed by atoms with E-state index in [9.17, 15) is 15.0 Å². The first-order valence-corrected chi connectivity index (χ1v) is 7.01. The summed E-state index contributed by atoms with van der Waals surface area (Å²) in [6.45, 7) is 3.56. The average Bonchev–Trinajstić information content (AvgIpc) is 2.59. The Morgan fingerprint density at radius 2 is 2.00 bits per heavy atom. The molecular formula is C16H22O3. The lowest BCUT2D eigenvalue weighted by Crippen LogP contribution is -2.49. The SMILES string of the molecule is CC(C)C(O)(C(=O)O)C1CCCCc2ccccc21. The minimum Gasteiger partial charge on any atom is -0.479 e. The van der Waals surface area contributed by atoms with Crippen LogP contribution in [0.3, 0.4) is 0 Å². The summed E-state index contributed by atoms with van der Waals surface area (Å²) < 4.78 is 0. The second-order valence-corrected chi connectivity index (χ2v) is 5.78. The molecule has 1 aromatic rings. The quantitative estimate of drug-likeness (QED) is 0.823. The van der Waals surface area contributed by atoms with Gasteiger partial charge in [0.2, 0.25) is 0 Å². The van der Waals surface area contributed by atoms with Crippen molar-refractivity contribution in [2.75, 3.05) is 0 Å². The van der Waals surface area contributed by atoms with Crippen molar-refractivity contribution < 1.29 is 15.0 Å². The monoisotopic (exact) mass is 262 g/mol. The molecule has 0 aliphatic heterocycles. The topological polar surface area (TPSA) is 57.5 Å². The molecule has 1 aromatic carbocycles. The Labute approximate surface area is 114 Å². The van der Waals surface area contributed by atoms with Gasteiger partial charge in [0, 0.05) is 5.92 Å². The van der Waals surface area contributed by atoms with E-state index >= 15 is 0 Å². The third-order valence-electron chi connectivity index (χ3n) is 4.37. The lowest BCUT2D eigenvalue weighted by Gasteiger charge is -2.36. The second-order valence-electron chi connectivity index (χ2n) is 5.78. The molecule has 104 valence electrons. The van der Waals surface area contributed by atoms with Crippen molar-refractivity contribution in [2.45, 2.75) is 51.0 Å². The van der Waals surface area contributed by atoms with Crippen molar-refractivity contribution in [1.29, 1.82) is 0 Å². The zero-order chi connectivity index (χ0) is 14.0. The van der Waals surface area contributed by atoms with Gasteiger partial charge >= 0.3 is 5.97 Å². The number of fused-ring (bicyclic) bond motifs is 1. The standard InChI is InChI=1S/C16H22O3/c1-11(2)16(19,15(17)18)14-10-6-4-8-12-7-3-5-9-13(12)14/h3,5,7,9,11,14,19H,4,6,8,10H2,1-2H3,(H,17,18). The molecular weight excluding hydrogens is 240 g/mol. The Morgan fingerprint density at radius 1 is 1.32 bits per heavy atom. The Morgan fingerprint density at radius 3 is 2.63 bits per heavy atom. The van der Waals surface area contributed by atoms with Crippen molar-refractivity contribution in [2.24, 2.45) is 5.92 Å². The zero-order valence-electron chi connectivity index (χ0n) is 11.6. The highest BCUT2D eigenvalue weighted by Crippen LogP contribution is 2.41. The lowest BCUT2D eigenvalue weighted by molar-refractivity contribution is -0.167. The summed E-state index contributed by atoms with van der Waals surface area (Å²) in [7, 11) is 0. The Kier molecular flexibility index (Phi) is 3.95. The first-order chi connectivity index (χ1) is 8.98. The van der Waals surface area contributed by atoms with E-state index in [1.165, 1.54) is 5.56 Å². The largest absolute Gasteiger partial charge is 0.479 e. The van der Waals surface area contributed by atoms with Gasteiger partial charge in [0.15, 0.2) is 5.60 Å². The fourth-order valence-electron chi connectivity index (χ4n) is 3.18. The highest BCUT2D eigenvalue weighted by Gasteiger charge is 2.48. The maximum Gasteiger partial charge on any atom is 0.336 e. The van der Waals surface area contributed by atoms with Crippen LogP contribution >= 0.6 is 0 Å². The molecule has 2 unspecified atom stereocenters. The second kappa shape index (κ2) is 5.33. The predicted molar refractivity (Wildman–Crippen MR) is 74.2 cm³/mol. The number of carboxylic acids is 1. The van der Waals surface area contributed by atoms with E-state index in [0.29, 0.717) is 0 Å². The molecule has 0 saturated heterocycles. The number of benzene rings is 1. The molecule has 1 aliphatic carbocycles. The van der Waals surface area contributed by atoms with Gasteiger partial charge in [-0.3, -0.25) is 0 Å². The van der Waals surface area contributed by atoms with Gasteiger partial charge in [-0.25, -0.2) is 4.79 Å². The van der Waals surface area contributed by atoms with E-state index in [4.69, 9.17) is 0 Å². The normalized spacial score (nSPS) is 22.4. The van der Waals surface area contributed by atoms with Gasteiger partial charge in [-0.15, -0.1) is 0 Å². The van der Waals surface area contributed by atoms with Gasteiger partial charge in [-0.1, -0.05) is 44.5 Å². The van der Waals surface area contributed by atoms with Gasteiger partial charge < -0.3 is 10.2 Å². The summed E-state index contributed by atoms with van der Waals surface area (Å²) >= 11 is 0. The van der Waals surface area contributed by atoms with E-state index in [2.05, 4.69) is 6.07 Å². The molecule has 0 heterocycles. The van der Waals surface area contributed by atoms with Crippen molar-refractivity contribution in [3.63, 3.8) is 0 Å². The number of rotatable bonds is 3. The van der Waals surface area contributed by atoms with E-state index in [-0.39, 0.29) is 11.8 Å². The Bertz CT molecular complexity index is 467. The summed E-state index contributed by atoms with van der Waals surface area (Å²) in [6, 6.07) is 7.94. The molecule has 3 nitrogen and oxygen atoms in total. The molecule has 0 saturated carbocycles. The van der Waals surface area contributed by atoms with Crippen molar-refractivity contribution >= 4 is 5.97 Å². The molecule has 2 rings (SSSR count). The molecule has 0 bridgehead atoms. The van der Waals surface area contributed by atoms with Crippen molar-refractivity contribution in [1.82, 2.24) is 0 Å². The number of aryl methyl sites for hydroxylation is 1. The van der Waals surface area contributed by atoms with E-state index < -0.39 is 11.6 Å². The maximum atomic E-state index is 11.6. The van der Waals surface area contributed by atoms with Crippen LogP contribution in [-0.2, 0) is 11.2 Å². The average molecular weight is 262 g/mol. The maximum absolute atomic E-state index is 11.6. The van der Waals surface area contributed by atoms with Crippen LogP contribution < -0.4 is 0 Å². The van der Waals surface area contributed by atoms with Crippen molar-refractivity contribution in [3.8, 4) is 0 Å². The summed E-state index contributed by atoms with van der Waals surface area (Å²) in [4.78, 5) is 11.6. The summed E-state index contributed by atoms with van der Waals surface area (Å²) in [5, 5.41) is 20.3. The minimum absolute atomic E-state index is 0.316. The number of carbonyl (C=O) groups is 1. The third-order valence-corrected chi connectivity index (χ3v) is 4.37. The van der Waals surface area contributed by atoms with Gasteiger partial charge in [0.25, 0.3) is 0 Å². The summed E-state index contributed by atoms with van der Waals surface area (Å²) in [6.07, 6.45) is 3.72. The summed E-state index contributed by atoms with van der Waals surface area (Å²) in [5.41, 5.74) is 0.518. The van der Waals surface area contributed by atoms with Crippen LogP contribution in [0, 0.1) is 5.92 Å². The fraction of sp³-hybridized carbons (Fsp3) is 0.562. The van der Waals surface area contributed by atoms with Crippen LogP contribution in [0.1, 0.15) is 50.2 Å². The third kappa shape index (κ3) is 2.39. The first-order valence-electron chi connectivity index (χ1n) is 7.01. The smallest absolute Gasteiger partial charge is 0.336 e. The van der Waals surface area contributed by atoms with Crippen molar-refractivity contribution in [3.05, 3.63) is 35.4 Å². The molecule has 0 spiro atoms. The van der Waals surface area contributed by atoms with Crippen LogP contribution in [0.4, 0.5) is 0 Å². The molecule has 0 fully saturated rings. The molecule has 0 radical (unpaired) electrons. The van der Waals surface area contributed by atoms with Crippen LogP contribution in [0.5, 0.6) is 0 Å². The summed E-state index contributed by atoms with van der Waals surface area (Å²) in [5.74, 6) is -1.74. The highest BCUT2D eigenvalue weighted by molar-refractivity contribution is 5.79. The molecule has 3 heteroatoms.